The van der Waals surface area contributed by atoms with E-state index in [0.29, 0.717) is 25.4 Å². The summed E-state index contributed by atoms with van der Waals surface area (Å²) in [6.07, 6.45) is 5.31. The van der Waals surface area contributed by atoms with Crippen LogP contribution >= 0.6 is 11.8 Å². The van der Waals surface area contributed by atoms with E-state index in [0.717, 1.165) is 42.8 Å². The molecule has 166 valence electrons. The molecule has 0 saturated carbocycles. The monoisotopic (exact) mass is 441 g/mol. The van der Waals surface area contributed by atoms with Crippen LogP contribution in [0.15, 0.2) is 53.4 Å². The van der Waals surface area contributed by atoms with E-state index in [4.69, 9.17) is 4.74 Å². The number of anilines is 1. The second-order valence-electron chi connectivity index (χ2n) is 7.78. The van der Waals surface area contributed by atoms with Crippen molar-refractivity contribution in [3.63, 3.8) is 0 Å². The van der Waals surface area contributed by atoms with E-state index in [2.05, 4.69) is 10.6 Å². The number of benzene rings is 2. The van der Waals surface area contributed by atoms with Crippen LogP contribution in [-0.4, -0.2) is 43.3 Å². The first-order valence-electron chi connectivity index (χ1n) is 10.7. The number of methoxy groups -OCH3 is 1. The van der Waals surface area contributed by atoms with Crippen molar-refractivity contribution in [3.05, 3.63) is 54.1 Å². The van der Waals surface area contributed by atoms with Gasteiger partial charge in [0.05, 0.1) is 7.11 Å². The van der Waals surface area contributed by atoms with Gasteiger partial charge in [-0.25, -0.2) is 4.79 Å². The molecule has 0 spiro atoms. The maximum absolute atomic E-state index is 12.6. The van der Waals surface area contributed by atoms with E-state index in [9.17, 15) is 9.59 Å². The van der Waals surface area contributed by atoms with Crippen molar-refractivity contribution in [2.24, 2.45) is 5.92 Å². The molecular formula is C24H31N3O3S. The van der Waals surface area contributed by atoms with Gasteiger partial charge in [-0.15, -0.1) is 11.8 Å². The highest BCUT2D eigenvalue weighted by Gasteiger charge is 2.24. The first kappa shape index (κ1) is 23.0. The van der Waals surface area contributed by atoms with Gasteiger partial charge in [-0.2, -0.15) is 0 Å². The normalized spacial score (nSPS) is 15.9. The molecule has 0 unspecified atom stereocenters. The second-order valence-corrected chi connectivity index (χ2v) is 8.66. The van der Waals surface area contributed by atoms with Crippen molar-refractivity contribution >= 4 is 29.4 Å². The number of thioether (sulfide) groups is 1. The van der Waals surface area contributed by atoms with Crippen LogP contribution < -0.4 is 15.4 Å². The topological polar surface area (TPSA) is 70.7 Å². The maximum atomic E-state index is 12.6. The molecule has 1 aliphatic rings. The summed E-state index contributed by atoms with van der Waals surface area (Å²) in [6.45, 7) is 1.94. The van der Waals surface area contributed by atoms with Gasteiger partial charge in [-0.05, 0) is 73.4 Å². The Kier molecular flexibility index (Phi) is 8.64. The summed E-state index contributed by atoms with van der Waals surface area (Å²) in [5.41, 5.74) is 1.82. The summed E-state index contributed by atoms with van der Waals surface area (Å²) in [7, 11) is 1.63. The summed E-state index contributed by atoms with van der Waals surface area (Å²) in [6, 6.07) is 15.5. The van der Waals surface area contributed by atoms with Crippen LogP contribution in [0.3, 0.4) is 0 Å². The number of amides is 3. The smallest absolute Gasteiger partial charge is 0.321 e. The minimum Gasteiger partial charge on any atom is -0.497 e. The Hall–Kier alpha value is -2.67. The van der Waals surface area contributed by atoms with Crippen LogP contribution in [0, 0.1) is 5.92 Å². The Morgan fingerprint density at radius 1 is 1.19 bits per heavy atom. The molecule has 1 aliphatic heterocycles. The molecule has 1 heterocycles. The van der Waals surface area contributed by atoms with Gasteiger partial charge >= 0.3 is 6.03 Å². The number of nitrogens with one attached hydrogen (secondary N) is 2. The van der Waals surface area contributed by atoms with Crippen molar-refractivity contribution < 1.29 is 14.3 Å². The lowest BCUT2D eigenvalue weighted by molar-refractivity contribution is -0.121. The van der Waals surface area contributed by atoms with E-state index in [1.807, 2.05) is 59.7 Å². The minimum absolute atomic E-state index is 0.0401. The van der Waals surface area contributed by atoms with Gasteiger partial charge in [0.1, 0.15) is 5.75 Å². The highest BCUT2D eigenvalue weighted by atomic mass is 32.2. The molecule has 0 aliphatic carbocycles. The van der Waals surface area contributed by atoms with Crippen molar-refractivity contribution in [2.45, 2.75) is 37.1 Å². The Balaban J connectivity index is 1.41. The third-order valence-corrected chi connectivity index (χ3v) is 6.29. The Morgan fingerprint density at radius 2 is 2.00 bits per heavy atom. The van der Waals surface area contributed by atoms with Gasteiger partial charge in [0.15, 0.2) is 0 Å². The molecule has 0 aromatic heterocycles. The van der Waals surface area contributed by atoms with Gasteiger partial charge in [-0.1, -0.05) is 12.1 Å². The summed E-state index contributed by atoms with van der Waals surface area (Å²) in [4.78, 5) is 28.0. The second kappa shape index (κ2) is 11.6. The van der Waals surface area contributed by atoms with Gasteiger partial charge in [0.25, 0.3) is 0 Å². The Morgan fingerprint density at radius 3 is 2.74 bits per heavy atom. The number of ether oxygens (including phenoxy) is 1. The van der Waals surface area contributed by atoms with Gasteiger partial charge in [-0.3, -0.25) is 4.79 Å². The predicted molar refractivity (Wildman–Crippen MR) is 126 cm³/mol. The quantitative estimate of drug-likeness (QED) is 0.580. The Bertz CT molecular complexity index is 873. The standard InChI is InChI=1S/C24H31N3O3S/c1-30-21-7-3-5-19(15-21)16-25-23(28)13-8-18-6-4-14-27(17-18)24(29)26-20-9-11-22(31-2)12-10-20/h3,5,7,9-12,15,18H,4,6,8,13-14,16-17H2,1-2H3,(H,25,28)(H,26,29)/t18-/m0/s1. The van der Waals surface area contributed by atoms with Crippen LogP contribution in [-0.2, 0) is 11.3 Å². The fraction of sp³-hybridized carbons (Fsp3) is 0.417. The lowest BCUT2D eigenvalue weighted by atomic mass is 9.93. The summed E-state index contributed by atoms with van der Waals surface area (Å²) in [5, 5.41) is 5.96. The molecule has 3 rings (SSSR count). The zero-order chi connectivity index (χ0) is 22.1. The summed E-state index contributed by atoms with van der Waals surface area (Å²) >= 11 is 1.67. The zero-order valence-electron chi connectivity index (χ0n) is 18.2. The number of nitrogens with zero attached hydrogens (tertiary/aromatic N) is 1. The summed E-state index contributed by atoms with van der Waals surface area (Å²) in [5.74, 6) is 1.17. The number of carbonyl (C=O) groups is 2. The van der Waals surface area contributed by atoms with Crippen LogP contribution in [0.1, 0.15) is 31.2 Å². The molecule has 1 saturated heterocycles. The first-order valence-corrected chi connectivity index (χ1v) is 11.9. The van der Waals surface area contributed by atoms with E-state index in [1.54, 1.807) is 18.9 Å². The SMILES string of the molecule is COc1cccc(CNC(=O)CC[C@@H]2CCCN(C(=O)Nc3ccc(SC)cc3)C2)c1. The minimum atomic E-state index is -0.0657. The molecule has 31 heavy (non-hydrogen) atoms. The van der Waals surface area contributed by atoms with Crippen LogP contribution in [0.25, 0.3) is 0 Å². The number of carbonyl (C=O) groups excluding carboxylic acids is 2. The molecular weight excluding hydrogens is 410 g/mol. The van der Waals surface area contributed by atoms with Crippen molar-refractivity contribution in [2.75, 3.05) is 31.8 Å². The predicted octanol–water partition coefficient (Wildman–Crippen LogP) is 4.76. The van der Waals surface area contributed by atoms with Gasteiger partial charge < -0.3 is 20.3 Å². The molecule has 3 amide bonds. The number of urea groups is 1. The average Bonchev–Trinajstić information content (AvgIpc) is 2.82. The highest BCUT2D eigenvalue weighted by molar-refractivity contribution is 7.98. The fourth-order valence-electron chi connectivity index (χ4n) is 3.77. The third-order valence-electron chi connectivity index (χ3n) is 5.55. The Labute approximate surface area is 188 Å². The molecule has 0 radical (unpaired) electrons. The number of likely N-dealkylation sites (tertiary alicyclic amines) is 1. The highest BCUT2D eigenvalue weighted by Crippen LogP contribution is 2.23. The van der Waals surface area contributed by atoms with Gasteiger partial charge in [0, 0.05) is 36.6 Å². The van der Waals surface area contributed by atoms with Crippen molar-refractivity contribution in [1.29, 1.82) is 0 Å². The number of hydrogen-bond donors (Lipinski definition) is 2. The van der Waals surface area contributed by atoms with E-state index in [1.165, 1.54) is 4.90 Å². The lowest BCUT2D eigenvalue weighted by Crippen LogP contribution is -2.42. The lowest BCUT2D eigenvalue weighted by Gasteiger charge is -2.32. The molecule has 1 atom stereocenters. The molecule has 0 bridgehead atoms. The number of rotatable bonds is 8. The third kappa shape index (κ3) is 7.21. The average molecular weight is 442 g/mol. The molecule has 1 fully saturated rings. The molecule has 2 aromatic carbocycles. The van der Waals surface area contributed by atoms with Crippen molar-refractivity contribution in [3.8, 4) is 5.75 Å². The number of piperidine rings is 1. The molecule has 6 nitrogen and oxygen atoms in total. The molecule has 7 heteroatoms. The van der Waals surface area contributed by atoms with Crippen LogP contribution in [0.5, 0.6) is 5.75 Å². The number of hydrogen-bond acceptors (Lipinski definition) is 4. The van der Waals surface area contributed by atoms with Crippen molar-refractivity contribution in [1.82, 2.24) is 10.2 Å². The first-order chi connectivity index (χ1) is 15.1. The van der Waals surface area contributed by atoms with E-state index in [-0.39, 0.29) is 11.9 Å². The molecule has 2 N–H and O–H groups in total. The van der Waals surface area contributed by atoms with E-state index >= 15 is 0 Å². The van der Waals surface area contributed by atoms with Crippen LogP contribution in [0.2, 0.25) is 0 Å². The van der Waals surface area contributed by atoms with E-state index < -0.39 is 0 Å². The van der Waals surface area contributed by atoms with Crippen LogP contribution in [0.4, 0.5) is 10.5 Å². The zero-order valence-corrected chi connectivity index (χ0v) is 19.0. The largest absolute Gasteiger partial charge is 0.497 e. The van der Waals surface area contributed by atoms with Gasteiger partial charge in [0.2, 0.25) is 5.91 Å². The molecule has 2 aromatic rings. The summed E-state index contributed by atoms with van der Waals surface area (Å²) < 4.78 is 5.21. The maximum Gasteiger partial charge on any atom is 0.321 e. The fourth-order valence-corrected chi connectivity index (χ4v) is 4.18.